The van der Waals surface area contributed by atoms with E-state index in [0.29, 0.717) is 21.8 Å². The number of nitrogens with one attached hydrogen (secondary N) is 1. The number of amides is 1. The number of anilines is 1. The molecule has 0 spiro atoms. The molecule has 7 heteroatoms. The minimum absolute atomic E-state index is 0.310. The minimum atomic E-state index is -0.497. The van der Waals surface area contributed by atoms with Gasteiger partial charge in [-0.2, -0.15) is 0 Å². The van der Waals surface area contributed by atoms with Crippen LogP contribution in [0.25, 0.3) is 10.2 Å². The zero-order chi connectivity index (χ0) is 16.4. The van der Waals surface area contributed by atoms with Gasteiger partial charge in [0.1, 0.15) is 0 Å². The molecule has 0 aliphatic rings. The maximum absolute atomic E-state index is 12.4. The van der Waals surface area contributed by atoms with Crippen LogP contribution < -0.4 is 5.32 Å². The highest BCUT2D eigenvalue weighted by molar-refractivity contribution is 7.16. The molecule has 1 heterocycles. The lowest BCUT2D eigenvalue weighted by molar-refractivity contribution is 0.0600. The van der Waals surface area contributed by atoms with Crippen molar-refractivity contribution in [1.29, 1.82) is 0 Å². The van der Waals surface area contributed by atoms with Crippen LogP contribution in [0.5, 0.6) is 0 Å². The largest absolute Gasteiger partial charge is 0.465 e. The standard InChI is InChI=1S/C16H11ClN2O3S/c1-22-16(21)10-2-4-11(17)13(6-10)19-15(20)9-3-5-12-14(7-9)23-8-18-12/h2-8H,1H3,(H,19,20). The zero-order valence-electron chi connectivity index (χ0n) is 12.0. The normalized spacial score (nSPS) is 10.5. The fourth-order valence-corrected chi connectivity index (χ4v) is 2.94. The van der Waals surface area contributed by atoms with Crippen LogP contribution >= 0.6 is 22.9 Å². The average Bonchev–Trinajstić information content (AvgIpc) is 3.03. The van der Waals surface area contributed by atoms with E-state index in [9.17, 15) is 9.59 Å². The molecule has 0 radical (unpaired) electrons. The van der Waals surface area contributed by atoms with Crippen molar-refractivity contribution in [2.75, 3.05) is 12.4 Å². The van der Waals surface area contributed by atoms with Crippen molar-refractivity contribution >= 4 is 50.7 Å². The van der Waals surface area contributed by atoms with Crippen LogP contribution in [-0.2, 0) is 4.74 Å². The number of methoxy groups -OCH3 is 1. The molecule has 0 fully saturated rings. The quantitative estimate of drug-likeness (QED) is 0.728. The van der Waals surface area contributed by atoms with Crippen LogP contribution in [0.15, 0.2) is 41.9 Å². The lowest BCUT2D eigenvalue weighted by Gasteiger charge is -2.09. The Bertz CT molecular complexity index is 907. The number of fused-ring (bicyclic) bond motifs is 1. The molecule has 0 bridgehead atoms. The summed E-state index contributed by atoms with van der Waals surface area (Å²) in [4.78, 5) is 28.1. The van der Waals surface area contributed by atoms with Crippen LogP contribution in [0, 0.1) is 0 Å². The van der Waals surface area contributed by atoms with Gasteiger partial charge in [-0.25, -0.2) is 9.78 Å². The van der Waals surface area contributed by atoms with Crippen molar-refractivity contribution < 1.29 is 14.3 Å². The number of thiazole rings is 1. The topological polar surface area (TPSA) is 68.3 Å². The predicted molar refractivity (Wildman–Crippen MR) is 90.4 cm³/mol. The summed E-state index contributed by atoms with van der Waals surface area (Å²) in [5.41, 5.74) is 3.72. The molecular formula is C16H11ClN2O3S. The van der Waals surface area contributed by atoms with E-state index in [1.807, 2.05) is 0 Å². The summed E-state index contributed by atoms with van der Waals surface area (Å²) in [6.07, 6.45) is 0. The van der Waals surface area contributed by atoms with E-state index in [1.54, 1.807) is 23.7 Å². The van der Waals surface area contributed by atoms with Gasteiger partial charge in [-0.15, -0.1) is 11.3 Å². The first-order chi connectivity index (χ1) is 11.1. The van der Waals surface area contributed by atoms with Crippen molar-refractivity contribution in [3.05, 3.63) is 58.1 Å². The van der Waals surface area contributed by atoms with E-state index < -0.39 is 5.97 Å². The molecule has 0 atom stereocenters. The number of ether oxygens (including phenoxy) is 1. The van der Waals surface area contributed by atoms with Gasteiger partial charge < -0.3 is 10.1 Å². The fourth-order valence-electron chi connectivity index (χ4n) is 2.06. The monoisotopic (exact) mass is 346 g/mol. The molecule has 0 aliphatic heterocycles. The van der Waals surface area contributed by atoms with E-state index >= 15 is 0 Å². The van der Waals surface area contributed by atoms with Crippen LogP contribution in [0.2, 0.25) is 5.02 Å². The molecule has 23 heavy (non-hydrogen) atoms. The second-order valence-electron chi connectivity index (χ2n) is 4.68. The van der Waals surface area contributed by atoms with Gasteiger partial charge in [-0.1, -0.05) is 11.6 Å². The number of hydrogen-bond donors (Lipinski definition) is 1. The molecule has 1 N–H and O–H groups in total. The molecule has 0 unspecified atom stereocenters. The molecule has 0 aliphatic carbocycles. The Morgan fingerprint density at radius 3 is 2.74 bits per heavy atom. The molecule has 3 aromatic rings. The third-order valence-corrected chi connectivity index (χ3v) is 4.35. The number of carbonyl (C=O) groups excluding carboxylic acids is 2. The maximum atomic E-state index is 12.4. The Morgan fingerprint density at radius 1 is 1.17 bits per heavy atom. The summed E-state index contributed by atoms with van der Waals surface area (Å²) in [7, 11) is 1.29. The number of esters is 1. The third-order valence-electron chi connectivity index (χ3n) is 3.23. The predicted octanol–water partition coefficient (Wildman–Crippen LogP) is 3.99. The van der Waals surface area contributed by atoms with Crippen molar-refractivity contribution in [2.45, 2.75) is 0 Å². The van der Waals surface area contributed by atoms with Gasteiger partial charge in [0.05, 0.1) is 39.1 Å². The van der Waals surface area contributed by atoms with Gasteiger partial charge in [0.25, 0.3) is 5.91 Å². The van der Waals surface area contributed by atoms with Gasteiger partial charge in [0.15, 0.2) is 0 Å². The van der Waals surface area contributed by atoms with Gasteiger partial charge in [0, 0.05) is 5.56 Å². The van der Waals surface area contributed by atoms with Crippen molar-refractivity contribution in [2.24, 2.45) is 0 Å². The Hall–Kier alpha value is -2.44. The summed E-state index contributed by atoms with van der Waals surface area (Å²) in [5.74, 6) is -0.813. The van der Waals surface area contributed by atoms with Gasteiger partial charge >= 0.3 is 5.97 Å². The van der Waals surface area contributed by atoms with Crippen molar-refractivity contribution in [1.82, 2.24) is 4.98 Å². The Labute approximate surface area is 140 Å². The van der Waals surface area contributed by atoms with Gasteiger partial charge in [-0.3, -0.25) is 4.79 Å². The highest BCUT2D eigenvalue weighted by Gasteiger charge is 2.13. The van der Waals surface area contributed by atoms with Crippen LogP contribution in [0.4, 0.5) is 5.69 Å². The number of nitrogens with zero attached hydrogens (tertiary/aromatic N) is 1. The fraction of sp³-hybridized carbons (Fsp3) is 0.0625. The van der Waals surface area contributed by atoms with Gasteiger partial charge in [-0.05, 0) is 36.4 Å². The molecule has 0 saturated heterocycles. The SMILES string of the molecule is COC(=O)c1ccc(Cl)c(NC(=O)c2ccc3ncsc3c2)c1. The van der Waals surface area contributed by atoms with Crippen LogP contribution in [0.3, 0.4) is 0 Å². The number of carbonyl (C=O) groups is 2. The second kappa shape index (κ2) is 6.36. The van der Waals surface area contributed by atoms with Crippen LogP contribution in [-0.4, -0.2) is 24.0 Å². The molecule has 1 aromatic heterocycles. The molecule has 0 saturated carbocycles. The van der Waals surface area contributed by atoms with E-state index in [2.05, 4.69) is 15.0 Å². The smallest absolute Gasteiger partial charge is 0.337 e. The number of hydrogen-bond acceptors (Lipinski definition) is 5. The first-order valence-corrected chi connectivity index (χ1v) is 7.86. The molecule has 116 valence electrons. The molecule has 5 nitrogen and oxygen atoms in total. The summed E-state index contributed by atoms with van der Waals surface area (Å²) in [6, 6.07) is 9.80. The number of benzene rings is 2. The molecular weight excluding hydrogens is 336 g/mol. The highest BCUT2D eigenvalue weighted by Crippen LogP contribution is 2.25. The van der Waals surface area contributed by atoms with Crippen molar-refractivity contribution in [3.8, 4) is 0 Å². The zero-order valence-corrected chi connectivity index (χ0v) is 13.6. The van der Waals surface area contributed by atoms with E-state index in [1.165, 1.54) is 36.6 Å². The highest BCUT2D eigenvalue weighted by atomic mass is 35.5. The van der Waals surface area contributed by atoms with Crippen molar-refractivity contribution in [3.63, 3.8) is 0 Å². The van der Waals surface area contributed by atoms with E-state index in [-0.39, 0.29) is 5.91 Å². The number of halogens is 1. The maximum Gasteiger partial charge on any atom is 0.337 e. The van der Waals surface area contributed by atoms with E-state index in [0.717, 1.165) is 10.2 Å². The average molecular weight is 347 g/mol. The summed E-state index contributed by atoms with van der Waals surface area (Å²) in [5, 5.41) is 3.05. The van der Waals surface area contributed by atoms with Crippen LogP contribution in [0.1, 0.15) is 20.7 Å². The second-order valence-corrected chi connectivity index (χ2v) is 5.97. The third kappa shape index (κ3) is 3.18. The Morgan fingerprint density at radius 2 is 1.96 bits per heavy atom. The summed E-state index contributed by atoms with van der Waals surface area (Å²) >= 11 is 7.54. The lowest BCUT2D eigenvalue weighted by Crippen LogP contribution is -2.13. The molecule has 2 aromatic carbocycles. The van der Waals surface area contributed by atoms with Gasteiger partial charge in [0.2, 0.25) is 0 Å². The Balaban J connectivity index is 1.88. The number of rotatable bonds is 3. The molecule has 3 rings (SSSR count). The van der Waals surface area contributed by atoms with E-state index in [4.69, 9.17) is 11.6 Å². The molecule has 1 amide bonds. The Kier molecular flexibility index (Phi) is 4.27. The number of aromatic nitrogens is 1. The minimum Gasteiger partial charge on any atom is -0.465 e. The summed E-state index contributed by atoms with van der Waals surface area (Å²) < 4.78 is 5.58. The first-order valence-electron chi connectivity index (χ1n) is 6.61. The first kappa shape index (κ1) is 15.5. The lowest BCUT2D eigenvalue weighted by atomic mass is 10.1. The summed E-state index contributed by atoms with van der Waals surface area (Å²) in [6.45, 7) is 0.